The van der Waals surface area contributed by atoms with Crippen molar-refractivity contribution in [2.24, 2.45) is 11.8 Å². The summed E-state index contributed by atoms with van der Waals surface area (Å²) in [6.45, 7) is 6.63. The molecule has 0 saturated carbocycles. The van der Waals surface area contributed by atoms with Gasteiger partial charge in [0, 0.05) is 49.4 Å². The van der Waals surface area contributed by atoms with Crippen molar-refractivity contribution in [3.63, 3.8) is 0 Å². The van der Waals surface area contributed by atoms with E-state index in [1.165, 1.54) is 0 Å². The van der Waals surface area contributed by atoms with Gasteiger partial charge in [0.1, 0.15) is 6.04 Å². The Labute approximate surface area is 182 Å². The third-order valence-corrected chi connectivity index (χ3v) is 7.00. The van der Waals surface area contributed by atoms with E-state index in [0.29, 0.717) is 44.1 Å². The molecule has 6 heteroatoms. The zero-order valence-electron chi connectivity index (χ0n) is 18.2. The Morgan fingerprint density at radius 3 is 2.61 bits per heavy atom. The Morgan fingerprint density at radius 2 is 1.84 bits per heavy atom. The minimum Gasteiger partial charge on any atom is -0.340 e. The quantitative estimate of drug-likeness (QED) is 0.766. The van der Waals surface area contributed by atoms with Crippen LogP contribution >= 0.6 is 0 Å². The number of fused-ring (bicyclic) bond motifs is 5. The second-order valence-corrected chi connectivity index (χ2v) is 9.68. The van der Waals surface area contributed by atoms with Gasteiger partial charge in [-0.05, 0) is 42.4 Å². The van der Waals surface area contributed by atoms with Crippen molar-refractivity contribution < 1.29 is 9.59 Å². The maximum Gasteiger partial charge on any atom is 0.255 e. The Kier molecular flexibility index (Phi) is 4.95. The third-order valence-electron chi connectivity index (χ3n) is 7.00. The maximum absolute atomic E-state index is 13.8. The molecule has 162 valence electrons. The molecule has 2 aromatic rings. The summed E-state index contributed by atoms with van der Waals surface area (Å²) >= 11 is 0. The van der Waals surface area contributed by atoms with Crippen molar-refractivity contribution in [2.75, 3.05) is 13.1 Å². The van der Waals surface area contributed by atoms with Crippen LogP contribution in [0.3, 0.4) is 0 Å². The second kappa shape index (κ2) is 7.66. The molecule has 0 N–H and O–H groups in total. The summed E-state index contributed by atoms with van der Waals surface area (Å²) in [7, 11) is 0. The van der Waals surface area contributed by atoms with Gasteiger partial charge >= 0.3 is 0 Å². The first-order valence-corrected chi connectivity index (χ1v) is 11.3. The summed E-state index contributed by atoms with van der Waals surface area (Å²) < 4.78 is 1.88. The molecule has 3 aliphatic rings. The van der Waals surface area contributed by atoms with Crippen LogP contribution in [0, 0.1) is 11.8 Å². The number of nitrogens with zero attached hydrogens (tertiary/aromatic N) is 3. The van der Waals surface area contributed by atoms with E-state index in [2.05, 4.69) is 13.8 Å². The third kappa shape index (κ3) is 3.48. The molecular formula is C25H29N3O3. The lowest BCUT2D eigenvalue weighted by Crippen LogP contribution is -2.55. The Hall–Kier alpha value is -2.89. The number of benzene rings is 1. The molecule has 6 nitrogen and oxygen atoms in total. The van der Waals surface area contributed by atoms with Crippen molar-refractivity contribution in [1.29, 1.82) is 0 Å². The van der Waals surface area contributed by atoms with Gasteiger partial charge in [-0.15, -0.1) is 0 Å². The van der Waals surface area contributed by atoms with Gasteiger partial charge in [-0.25, -0.2) is 0 Å². The fourth-order valence-electron chi connectivity index (χ4n) is 5.62. The van der Waals surface area contributed by atoms with Gasteiger partial charge < -0.3 is 14.4 Å². The molecule has 2 amide bonds. The average molecular weight is 420 g/mol. The van der Waals surface area contributed by atoms with Crippen molar-refractivity contribution >= 4 is 11.8 Å². The predicted molar refractivity (Wildman–Crippen MR) is 118 cm³/mol. The van der Waals surface area contributed by atoms with Crippen LogP contribution in [-0.4, -0.2) is 45.3 Å². The van der Waals surface area contributed by atoms with E-state index in [1.807, 2.05) is 45.9 Å². The standard InChI is InChI=1S/C25H29N3O3/c1-16(2)10-22(28-15-18-6-3-4-7-20(18)24(28)30)25(31)26-12-17-11-19(14-26)21-8-5-9-23(29)27(21)13-17/h3-9,16-17,19,22H,10-15H2,1-2H3/t17-,19+,22-/m0/s1. The van der Waals surface area contributed by atoms with Crippen LogP contribution < -0.4 is 5.56 Å². The molecule has 1 aromatic carbocycles. The molecule has 1 fully saturated rings. The van der Waals surface area contributed by atoms with E-state index < -0.39 is 6.04 Å². The van der Waals surface area contributed by atoms with Gasteiger partial charge in [0.05, 0.1) is 0 Å². The number of likely N-dealkylation sites (tertiary alicyclic amines) is 1. The van der Waals surface area contributed by atoms with Crippen LogP contribution in [0.15, 0.2) is 47.3 Å². The topological polar surface area (TPSA) is 62.6 Å². The van der Waals surface area contributed by atoms with E-state index in [1.54, 1.807) is 11.0 Å². The molecule has 0 unspecified atom stereocenters. The van der Waals surface area contributed by atoms with Gasteiger partial charge in [0.25, 0.3) is 11.5 Å². The monoisotopic (exact) mass is 419 g/mol. The smallest absolute Gasteiger partial charge is 0.255 e. The summed E-state index contributed by atoms with van der Waals surface area (Å²) in [6.07, 6.45) is 1.66. The molecule has 0 aliphatic carbocycles. The molecule has 0 spiro atoms. The van der Waals surface area contributed by atoms with Crippen molar-refractivity contribution in [3.05, 3.63) is 69.6 Å². The highest BCUT2D eigenvalue weighted by atomic mass is 16.2. The number of aromatic nitrogens is 1. The number of carbonyl (C=O) groups excluding carboxylic acids is 2. The number of hydrogen-bond donors (Lipinski definition) is 0. The van der Waals surface area contributed by atoms with Crippen LogP contribution in [-0.2, 0) is 17.9 Å². The average Bonchev–Trinajstić information content (AvgIpc) is 3.08. The molecule has 1 aromatic heterocycles. The highest BCUT2D eigenvalue weighted by Crippen LogP contribution is 2.36. The molecule has 4 heterocycles. The van der Waals surface area contributed by atoms with E-state index in [9.17, 15) is 14.4 Å². The highest BCUT2D eigenvalue weighted by molar-refractivity contribution is 6.01. The van der Waals surface area contributed by atoms with Gasteiger partial charge in [0.2, 0.25) is 5.91 Å². The van der Waals surface area contributed by atoms with Crippen molar-refractivity contribution in [2.45, 2.75) is 51.7 Å². The molecule has 3 aliphatic heterocycles. The van der Waals surface area contributed by atoms with Crippen LogP contribution in [0.4, 0.5) is 0 Å². The first kappa shape index (κ1) is 20.0. The minimum atomic E-state index is -0.448. The largest absolute Gasteiger partial charge is 0.340 e. The van der Waals surface area contributed by atoms with E-state index in [-0.39, 0.29) is 29.2 Å². The summed E-state index contributed by atoms with van der Waals surface area (Å²) in [5.74, 6) is 0.770. The van der Waals surface area contributed by atoms with Crippen LogP contribution in [0.2, 0.25) is 0 Å². The first-order valence-electron chi connectivity index (χ1n) is 11.3. The number of rotatable bonds is 4. The lowest BCUT2D eigenvalue weighted by Gasteiger charge is -2.44. The van der Waals surface area contributed by atoms with Crippen LogP contribution in [0.25, 0.3) is 0 Å². The predicted octanol–water partition coefficient (Wildman–Crippen LogP) is 2.86. The van der Waals surface area contributed by atoms with Gasteiger partial charge in [-0.1, -0.05) is 38.1 Å². The summed E-state index contributed by atoms with van der Waals surface area (Å²) in [4.78, 5) is 42.9. The molecule has 1 saturated heterocycles. The zero-order chi connectivity index (χ0) is 21.7. The molecule has 0 radical (unpaired) electrons. The Bertz CT molecular complexity index is 1090. The fraction of sp³-hybridized carbons (Fsp3) is 0.480. The second-order valence-electron chi connectivity index (χ2n) is 9.68. The van der Waals surface area contributed by atoms with Gasteiger partial charge in [0.15, 0.2) is 0 Å². The summed E-state index contributed by atoms with van der Waals surface area (Å²) in [5, 5.41) is 0. The fourth-order valence-corrected chi connectivity index (χ4v) is 5.62. The van der Waals surface area contributed by atoms with Crippen molar-refractivity contribution in [1.82, 2.24) is 14.4 Å². The molecule has 5 rings (SSSR count). The number of pyridine rings is 1. The Morgan fingerprint density at radius 1 is 1.03 bits per heavy atom. The highest BCUT2D eigenvalue weighted by Gasteiger charge is 2.42. The number of piperidine rings is 1. The summed E-state index contributed by atoms with van der Waals surface area (Å²) in [5.41, 5.74) is 2.79. The normalized spacial score (nSPS) is 23.0. The number of carbonyl (C=O) groups is 2. The van der Waals surface area contributed by atoms with E-state index in [4.69, 9.17) is 0 Å². The lowest BCUT2D eigenvalue weighted by molar-refractivity contribution is -0.139. The van der Waals surface area contributed by atoms with Crippen molar-refractivity contribution in [3.8, 4) is 0 Å². The SMILES string of the molecule is CC(C)C[C@@H](C(=O)N1C[C@@H]2C[C@H](C1)c1cccc(=O)n1C2)N1Cc2ccccc2C1=O. The van der Waals surface area contributed by atoms with Crippen LogP contribution in [0.1, 0.15) is 54.2 Å². The zero-order valence-corrected chi connectivity index (χ0v) is 18.2. The number of hydrogen-bond acceptors (Lipinski definition) is 3. The summed E-state index contributed by atoms with van der Waals surface area (Å²) in [6, 6.07) is 12.7. The van der Waals surface area contributed by atoms with Gasteiger partial charge in [-0.3, -0.25) is 14.4 Å². The molecule has 2 bridgehead atoms. The lowest BCUT2D eigenvalue weighted by atomic mass is 9.82. The van der Waals surface area contributed by atoms with E-state index in [0.717, 1.165) is 17.7 Å². The van der Waals surface area contributed by atoms with E-state index >= 15 is 0 Å². The van der Waals surface area contributed by atoms with Crippen LogP contribution in [0.5, 0.6) is 0 Å². The molecular weight excluding hydrogens is 390 g/mol. The number of amides is 2. The maximum atomic E-state index is 13.8. The Balaban J connectivity index is 1.41. The molecule has 31 heavy (non-hydrogen) atoms. The van der Waals surface area contributed by atoms with Gasteiger partial charge in [-0.2, -0.15) is 0 Å². The first-order chi connectivity index (χ1) is 14.9. The molecule has 3 atom stereocenters. The minimum absolute atomic E-state index is 0.0382.